The van der Waals surface area contributed by atoms with Gasteiger partial charge in [-0.15, -0.1) is 0 Å². The summed E-state index contributed by atoms with van der Waals surface area (Å²) in [4.78, 5) is 33.9. The van der Waals surface area contributed by atoms with Crippen LogP contribution in [-0.2, 0) is 26.5 Å². The molecule has 1 aliphatic rings. The largest absolute Gasteiger partial charge is 0.472 e. The van der Waals surface area contributed by atoms with Crippen LogP contribution in [0.5, 0.6) is 0 Å². The lowest BCUT2D eigenvalue weighted by atomic mass is 10.0. The standard InChI is InChI=1S/C37H61N4O5P/c1-8-15-18-30-21-23-31(24-22-30)37(42)41(14-7)36-34-20-17-16-19-32(34)27-35(36)46-47(43,44)45-29-33(40(12-5)13-6)28-39(11-4)26-25-38(9-2)10-3/h16-17,19-24,33,35-36H,8-15,18,25-29H2,1-7H3,(H,43,44)/t33-,35+,36-/m1/s1. The molecule has 4 atom stereocenters. The van der Waals surface area contributed by atoms with E-state index in [1.54, 1.807) is 4.90 Å². The minimum absolute atomic E-state index is 0.0718. The molecule has 0 saturated carbocycles. The zero-order chi connectivity index (χ0) is 34.4. The Labute approximate surface area is 284 Å². The highest BCUT2D eigenvalue weighted by molar-refractivity contribution is 7.47. The quantitative estimate of drug-likeness (QED) is 0.139. The van der Waals surface area contributed by atoms with E-state index in [4.69, 9.17) is 9.05 Å². The van der Waals surface area contributed by atoms with Crippen LogP contribution in [-0.4, -0.2) is 108 Å². The van der Waals surface area contributed by atoms with Crippen LogP contribution >= 0.6 is 7.82 Å². The number of hydrogen-bond donors (Lipinski definition) is 1. The van der Waals surface area contributed by atoms with Crippen molar-refractivity contribution in [2.75, 3.05) is 65.5 Å². The molecule has 1 N–H and O–H groups in total. The summed E-state index contributed by atoms with van der Waals surface area (Å²) in [5.41, 5.74) is 3.77. The molecular weight excluding hydrogens is 611 g/mol. The molecule has 3 rings (SSSR count). The van der Waals surface area contributed by atoms with Crippen LogP contribution in [0, 0.1) is 0 Å². The molecule has 0 saturated heterocycles. The van der Waals surface area contributed by atoms with Gasteiger partial charge in [0.15, 0.2) is 0 Å². The number of nitrogens with zero attached hydrogens (tertiary/aromatic N) is 4. The Morgan fingerprint density at radius 1 is 0.872 bits per heavy atom. The molecule has 0 fully saturated rings. The summed E-state index contributed by atoms with van der Waals surface area (Å²) in [6.07, 6.45) is 2.92. The van der Waals surface area contributed by atoms with Crippen molar-refractivity contribution in [2.45, 2.75) is 92.3 Å². The van der Waals surface area contributed by atoms with Crippen LogP contribution in [0.25, 0.3) is 0 Å². The Hall–Kier alpha value is -2.10. The minimum atomic E-state index is -4.48. The summed E-state index contributed by atoms with van der Waals surface area (Å²) in [5, 5.41) is 0. The Balaban J connectivity index is 1.77. The number of phosphoric acid groups is 1. The van der Waals surface area contributed by atoms with Crippen LogP contribution in [0.3, 0.4) is 0 Å². The Kier molecular flexibility index (Phi) is 16.6. The van der Waals surface area contributed by atoms with Gasteiger partial charge in [-0.1, -0.05) is 84.4 Å². The number of unbranched alkanes of at least 4 members (excludes halogenated alkanes) is 1. The van der Waals surface area contributed by atoms with Crippen LogP contribution in [0.2, 0.25) is 0 Å². The van der Waals surface area contributed by atoms with E-state index < -0.39 is 20.0 Å². The van der Waals surface area contributed by atoms with E-state index in [9.17, 15) is 14.3 Å². The molecule has 1 aliphatic carbocycles. The molecule has 0 bridgehead atoms. The van der Waals surface area contributed by atoms with Gasteiger partial charge in [0.25, 0.3) is 5.91 Å². The summed E-state index contributed by atoms with van der Waals surface area (Å²) in [7, 11) is -4.48. The number of benzene rings is 2. The topological polar surface area (TPSA) is 85.8 Å². The number of phosphoric ester groups is 1. The maximum absolute atomic E-state index is 13.9. The molecule has 0 radical (unpaired) electrons. The van der Waals surface area contributed by atoms with Gasteiger partial charge < -0.3 is 19.6 Å². The first-order valence-electron chi connectivity index (χ1n) is 18.0. The van der Waals surface area contributed by atoms with Gasteiger partial charge in [-0.05, 0) is 81.3 Å². The summed E-state index contributed by atoms with van der Waals surface area (Å²) >= 11 is 0. The van der Waals surface area contributed by atoms with E-state index in [1.165, 1.54) is 5.56 Å². The van der Waals surface area contributed by atoms with Gasteiger partial charge >= 0.3 is 7.82 Å². The van der Waals surface area contributed by atoms with E-state index in [1.807, 2.05) is 55.5 Å². The zero-order valence-electron chi connectivity index (χ0n) is 30.1. The molecular formula is C37H61N4O5P. The average molecular weight is 673 g/mol. The maximum Gasteiger partial charge on any atom is 0.472 e. The molecule has 9 nitrogen and oxygen atoms in total. The number of carbonyl (C=O) groups excluding carboxylic acids is 1. The number of rotatable bonds is 22. The highest BCUT2D eigenvalue weighted by atomic mass is 31.2. The monoisotopic (exact) mass is 672 g/mol. The molecule has 0 heterocycles. The number of amides is 1. The van der Waals surface area contributed by atoms with Crippen molar-refractivity contribution in [1.29, 1.82) is 0 Å². The lowest BCUT2D eigenvalue weighted by Crippen LogP contribution is -2.48. The fraction of sp³-hybridized carbons (Fsp3) is 0.649. The van der Waals surface area contributed by atoms with Crippen molar-refractivity contribution in [1.82, 2.24) is 19.6 Å². The predicted octanol–water partition coefficient (Wildman–Crippen LogP) is 6.67. The number of carbonyl (C=O) groups is 1. The molecule has 0 aliphatic heterocycles. The van der Waals surface area contributed by atoms with Gasteiger partial charge in [0.2, 0.25) is 0 Å². The number of likely N-dealkylation sites (N-methyl/N-ethyl adjacent to an activating group) is 4. The smallest absolute Gasteiger partial charge is 0.329 e. The second kappa shape index (κ2) is 19.8. The van der Waals surface area contributed by atoms with Crippen LogP contribution in [0.15, 0.2) is 48.5 Å². The highest BCUT2D eigenvalue weighted by Crippen LogP contribution is 2.50. The minimum Gasteiger partial charge on any atom is -0.329 e. The number of fused-ring (bicyclic) bond motifs is 1. The molecule has 0 aromatic heterocycles. The van der Waals surface area contributed by atoms with E-state index in [0.29, 0.717) is 18.5 Å². The normalized spacial score (nSPS) is 18.1. The van der Waals surface area contributed by atoms with Crippen molar-refractivity contribution in [3.8, 4) is 0 Å². The molecule has 1 amide bonds. The highest BCUT2D eigenvalue weighted by Gasteiger charge is 2.43. The molecule has 264 valence electrons. The van der Waals surface area contributed by atoms with Gasteiger partial charge in [-0.2, -0.15) is 0 Å². The first-order chi connectivity index (χ1) is 22.6. The number of aryl methyl sites for hydroxylation is 1. The lowest BCUT2D eigenvalue weighted by Gasteiger charge is -2.36. The molecule has 2 aromatic carbocycles. The lowest BCUT2D eigenvalue weighted by molar-refractivity contribution is 0.0268. The fourth-order valence-electron chi connectivity index (χ4n) is 6.72. The summed E-state index contributed by atoms with van der Waals surface area (Å²) in [6.45, 7) is 22.5. The molecule has 2 aromatic rings. The van der Waals surface area contributed by atoms with Crippen molar-refractivity contribution >= 4 is 13.7 Å². The van der Waals surface area contributed by atoms with E-state index >= 15 is 0 Å². The SMILES string of the molecule is CCCCc1ccc(C(=O)N(CC)[C@@H]2c3ccccc3C[C@@H]2OP(=O)(O)OC[C@@H](CN(CC)CCN(CC)CC)N(CC)CC)cc1. The number of hydrogen-bond acceptors (Lipinski definition) is 7. The predicted molar refractivity (Wildman–Crippen MR) is 192 cm³/mol. The van der Waals surface area contributed by atoms with Crippen LogP contribution in [0.1, 0.15) is 94.4 Å². The van der Waals surface area contributed by atoms with Crippen LogP contribution < -0.4 is 0 Å². The van der Waals surface area contributed by atoms with E-state index in [-0.39, 0.29) is 18.6 Å². The van der Waals surface area contributed by atoms with Crippen molar-refractivity contribution in [2.24, 2.45) is 0 Å². The van der Waals surface area contributed by atoms with Crippen molar-refractivity contribution < 1.29 is 23.3 Å². The van der Waals surface area contributed by atoms with E-state index in [0.717, 1.165) is 82.7 Å². The van der Waals surface area contributed by atoms with E-state index in [2.05, 4.69) is 56.2 Å². The maximum atomic E-state index is 13.9. The second-order valence-corrected chi connectivity index (χ2v) is 13.8. The molecule has 47 heavy (non-hydrogen) atoms. The van der Waals surface area contributed by atoms with Crippen molar-refractivity contribution in [3.63, 3.8) is 0 Å². The third-order valence-electron chi connectivity index (χ3n) is 9.67. The Morgan fingerprint density at radius 2 is 1.51 bits per heavy atom. The first kappa shape index (κ1) is 39.3. The zero-order valence-corrected chi connectivity index (χ0v) is 31.0. The fourth-order valence-corrected chi connectivity index (χ4v) is 7.68. The van der Waals surface area contributed by atoms with Gasteiger partial charge in [-0.3, -0.25) is 18.7 Å². The van der Waals surface area contributed by atoms with Gasteiger partial charge in [0.05, 0.1) is 18.8 Å². The molecule has 1 unspecified atom stereocenters. The Bertz CT molecular complexity index is 1250. The summed E-state index contributed by atoms with van der Waals surface area (Å²) in [5.74, 6) is -0.121. The summed E-state index contributed by atoms with van der Waals surface area (Å²) < 4.78 is 25.5. The third kappa shape index (κ3) is 11.2. The van der Waals surface area contributed by atoms with Crippen molar-refractivity contribution in [3.05, 3.63) is 70.8 Å². The van der Waals surface area contributed by atoms with Gasteiger partial charge in [0.1, 0.15) is 0 Å². The first-order valence-corrected chi connectivity index (χ1v) is 19.5. The second-order valence-electron chi connectivity index (χ2n) is 12.4. The van der Waals surface area contributed by atoms with Crippen LogP contribution in [0.4, 0.5) is 0 Å². The van der Waals surface area contributed by atoms with Gasteiger partial charge in [-0.25, -0.2) is 4.57 Å². The molecule has 10 heteroatoms. The average Bonchev–Trinajstić information content (AvgIpc) is 3.43. The Morgan fingerprint density at radius 3 is 2.11 bits per heavy atom. The third-order valence-corrected chi connectivity index (χ3v) is 10.7. The van der Waals surface area contributed by atoms with Gasteiger partial charge in [0, 0.05) is 44.2 Å². The summed E-state index contributed by atoms with van der Waals surface area (Å²) in [6, 6.07) is 15.1. The molecule has 0 spiro atoms.